The SMILES string of the molecule is CC(C)c1ccccc1NC(=O)c1c(O)c2c3c(sc2[nH]c1=O)C[C@@H](C)CC3. The van der Waals surface area contributed by atoms with Crippen LogP contribution in [0.5, 0.6) is 5.75 Å². The summed E-state index contributed by atoms with van der Waals surface area (Å²) < 4.78 is 0. The van der Waals surface area contributed by atoms with Crippen LogP contribution in [0.4, 0.5) is 5.69 Å². The zero-order valence-electron chi connectivity index (χ0n) is 16.3. The van der Waals surface area contributed by atoms with Gasteiger partial charge in [-0.2, -0.15) is 0 Å². The molecule has 4 rings (SSSR count). The Hall–Kier alpha value is -2.60. The Kier molecular flexibility index (Phi) is 4.75. The Labute approximate surface area is 167 Å². The molecule has 5 nitrogen and oxygen atoms in total. The van der Waals surface area contributed by atoms with Crippen LogP contribution in [0.3, 0.4) is 0 Å². The van der Waals surface area contributed by atoms with Gasteiger partial charge in [0.1, 0.15) is 16.1 Å². The van der Waals surface area contributed by atoms with Gasteiger partial charge < -0.3 is 15.4 Å². The van der Waals surface area contributed by atoms with Crippen LogP contribution in [-0.4, -0.2) is 16.0 Å². The van der Waals surface area contributed by atoms with Crippen molar-refractivity contribution in [2.75, 3.05) is 5.32 Å². The third-order valence-electron chi connectivity index (χ3n) is 5.50. The van der Waals surface area contributed by atoms with Crippen LogP contribution in [0.1, 0.15) is 59.5 Å². The number of amides is 1. The van der Waals surface area contributed by atoms with Crippen LogP contribution in [0.2, 0.25) is 0 Å². The predicted molar refractivity (Wildman–Crippen MR) is 114 cm³/mol. The molecule has 2 aromatic heterocycles. The molecule has 0 unspecified atom stereocenters. The van der Waals surface area contributed by atoms with E-state index in [9.17, 15) is 14.7 Å². The Bertz CT molecular complexity index is 1130. The summed E-state index contributed by atoms with van der Waals surface area (Å²) in [6.07, 6.45) is 2.84. The predicted octanol–water partition coefficient (Wildman–Crippen LogP) is 4.80. The molecule has 1 aromatic carbocycles. The van der Waals surface area contributed by atoms with Gasteiger partial charge in [0, 0.05) is 10.6 Å². The molecule has 6 heteroatoms. The third kappa shape index (κ3) is 3.11. The number of aryl methyl sites for hydroxylation is 1. The maximum Gasteiger partial charge on any atom is 0.265 e. The first kappa shape index (κ1) is 18.7. The van der Waals surface area contributed by atoms with Crippen LogP contribution in [0, 0.1) is 5.92 Å². The molecule has 1 aliphatic carbocycles. The minimum atomic E-state index is -0.585. The number of benzene rings is 1. The van der Waals surface area contributed by atoms with Gasteiger partial charge in [-0.1, -0.05) is 39.0 Å². The van der Waals surface area contributed by atoms with Crippen molar-refractivity contribution < 1.29 is 9.90 Å². The number of aromatic nitrogens is 1. The summed E-state index contributed by atoms with van der Waals surface area (Å²) in [6.45, 7) is 6.29. The highest BCUT2D eigenvalue weighted by atomic mass is 32.1. The van der Waals surface area contributed by atoms with Gasteiger partial charge in [-0.3, -0.25) is 9.59 Å². The molecule has 2 heterocycles. The standard InChI is InChI=1S/C22H24N2O3S/c1-11(2)13-6-4-5-7-15(13)23-20(26)18-19(25)17-14-9-8-12(3)10-16(14)28-22(17)24-21(18)27/h4-7,11-12H,8-10H2,1-3H3,(H,23,26)(H2,24,25,27)/t12-/m0/s1. The molecule has 0 aliphatic heterocycles. The van der Waals surface area contributed by atoms with Crippen LogP contribution >= 0.6 is 11.3 Å². The van der Waals surface area contributed by atoms with E-state index < -0.39 is 11.5 Å². The van der Waals surface area contributed by atoms with Crippen molar-refractivity contribution in [1.82, 2.24) is 4.98 Å². The molecule has 146 valence electrons. The molecule has 0 saturated carbocycles. The van der Waals surface area contributed by atoms with Crippen molar-refractivity contribution in [2.45, 2.75) is 46.0 Å². The molecule has 3 N–H and O–H groups in total. The second-order valence-corrected chi connectivity index (χ2v) is 9.03. The average Bonchev–Trinajstić information content (AvgIpc) is 2.99. The first-order valence-corrected chi connectivity index (χ1v) is 10.5. The summed E-state index contributed by atoms with van der Waals surface area (Å²) in [7, 11) is 0. The normalized spacial score (nSPS) is 16.4. The number of fused-ring (bicyclic) bond motifs is 3. The molecular formula is C22H24N2O3S. The minimum Gasteiger partial charge on any atom is -0.506 e. The van der Waals surface area contributed by atoms with E-state index in [0.717, 1.165) is 30.4 Å². The molecule has 0 radical (unpaired) electrons. The van der Waals surface area contributed by atoms with Crippen LogP contribution < -0.4 is 10.9 Å². The molecule has 28 heavy (non-hydrogen) atoms. The maximum atomic E-state index is 12.9. The molecule has 0 spiro atoms. The van der Waals surface area contributed by atoms with E-state index in [0.29, 0.717) is 21.8 Å². The van der Waals surface area contributed by atoms with Crippen LogP contribution in [0.25, 0.3) is 10.2 Å². The number of aromatic hydroxyl groups is 1. The van der Waals surface area contributed by atoms with Crippen molar-refractivity contribution in [3.05, 3.63) is 56.2 Å². The fourth-order valence-corrected chi connectivity index (χ4v) is 5.40. The number of hydrogen-bond acceptors (Lipinski definition) is 4. The number of H-pyrrole nitrogens is 1. The molecule has 0 fully saturated rings. The molecule has 1 aliphatic rings. The van der Waals surface area contributed by atoms with Gasteiger partial charge in [-0.25, -0.2) is 0 Å². The van der Waals surface area contributed by atoms with Gasteiger partial charge in [-0.15, -0.1) is 11.3 Å². The van der Waals surface area contributed by atoms with E-state index in [4.69, 9.17) is 0 Å². The lowest BCUT2D eigenvalue weighted by molar-refractivity contribution is 0.102. The Morgan fingerprint density at radius 2 is 2.07 bits per heavy atom. The number of thiophene rings is 1. The van der Waals surface area contributed by atoms with E-state index in [2.05, 4.69) is 17.2 Å². The maximum absolute atomic E-state index is 12.9. The first-order chi connectivity index (χ1) is 13.4. The Morgan fingerprint density at radius 3 is 2.82 bits per heavy atom. The number of carbonyl (C=O) groups is 1. The zero-order chi connectivity index (χ0) is 20.0. The topological polar surface area (TPSA) is 82.2 Å². The van der Waals surface area contributed by atoms with Crippen molar-refractivity contribution in [1.29, 1.82) is 0 Å². The largest absolute Gasteiger partial charge is 0.506 e. The molecule has 0 bridgehead atoms. The highest BCUT2D eigenvalue weighted by Gasteiger charge is 2.27. The second kappa shape index (κ2) is 7.09. The van der Waals surface area contributed by atoms with Crippen molar-refractivity contribution in [3.8, 4) is 5.75 Å². The lowest BCUT2D eigenvalue weighted by Crippen LogP contribution is -2.24. The zero-order valence-corrected chi connectivity index (χ0v) is 17.1. The summed E-state index contributed by atoms with van der Waals surface area (Å²) in [5.41, 5.74) is 1.93. The van der Waals surface area contributed by atoms with E-state index in [1.54, 1.807) is 0 Å². The van der Waals surface area contributed by atoms with Crippen LogP contribution in [-0.2, 0) is 12.8 Å². The number of pyridine rings is 1. The summed E-state index contributed by atoms with van der Waals surface area (Å²) in [5, 5.41) is 14.3. The number of aromatic amines is 1. The smallest absolute Gasteiger partial charge is 0.265 e. The fraction of sp³-hybridized carbons (Fsp3) is 0.364. The van der Waals surface area contributed by atoms with Crippen molar-refractivity contribution in [3.63, 3.8) is 0 Å². The molecule has 1 amide bonds. The first-order valence-electron chi connectivity index (χ1n) is 9.66. The highest BCUT2D eigenvalue weighted by Crippen LogP contribution is 2.41. The van der Waals surface area contributed by atoms with E-state index in [1.165, 1.54) is 16.2 Å². The highest BCUT2D eigenvalue weighted by molar-refractivity contribution is 7.18. The number of rotatable bonds is 3. The van der Waals surface area contributed by atoms with Crippen LogP contribution in [0.15, 0.2) is 29.1 Å². The molecule has 3 aromatic rings. The number of para-hydroxylation sites is 1. The quantitative estimate of drug-likeness (QED) is 0.595. The van der Waals surface area contributed by atoms with Gasteiger partial charge in [-0.05, 0) is 48.3 Å². The third-order valence-corrected chi connectivity index (χ3v) is 6.67. The van der Waals surface area contributed by atoms with E-state index in [1.807, 2.05) is 38.1 Å². The average molecular weight is 397 g/mol. The van der Waals surface area contributed by atoms with Gasteiger partial charge >= 0.3 is 0 Å². The molecular weight excluding hydrogens is 372 g/mol. The van der Waals surface area contributed by atoms with E-state index >= 15 is 0 Å². The van der Waals surface area contributed by atoms with Gasteiger partial charge in [0.2, 0.25) is 0 Å². The number of hydrogen-bond donors (Lipinski definition) is 3. The van der Waals surface area contributed by atoms with E-state index in [-0.39, 0.29) is 17.2 Å². The minimum absolute atomic E-state index is 0.203. The van der Waals surface area contributed by atoms with Crippen molar-refractivity contribution >= 4 is 33.1 Å². The summed E-state index contributed by atoms with van der Waals surface area (Å²) in [4.78, 5) is 30.2. The monoisotopic (exact) mass is 396 g/mol. The number of carbonyl (C=O) groups excluding carboxylic acids is 1. The van der Waals surface area contributed by atoms with Gasteiger partial charge in [0.25, 0.3) is 11.5 Å². The number of nitrogens with one attached hydrogen (secondary N) is 2. The summed E-state index contributed by atoms with van der Waals surface area (Å²) in [6, 6.07) is 7.51. The lowest BCUT2D eigenvalue weighted by atomic mass is 9.89. The second-order valence-electron chi connectivity index (χ2n) is 7.93. The summed E-state index contributed by atoms with van der Waals surface area (Å²) >= 11 is 1.52. The molecule has 1 atom stereocenters. The Balaban J connectivity index is 1.79. The fourth-order valence-electron chi connectivity index (χ4n) is 4.00. The van der Waals surface area contributed by atoms with Crippen molar-refractivity contribution in [2.24, 2.45) is 5.92 Å². The van der Waals surface area contributed by atoms with Gasteiger partial charge in [0.05, 0.1) is 5.39 Å². The summed E-state index contributed by atoms with van der Waals surface area (Å²) in [5.74, 6) is 0.0182. The number of anilines is 1. The van der Waals surface area contributed by atoms with Gasteiger partial charge in [0.15, 0.2) is 0 Å². The Morgan fingerprint density at radius 1 is 1.32 bits per heavy atom. The molecule has 0 saturated heterocycles. The lowest BCUT2D eigenvalue weighted by Gasteiger charge is -2.18.